The first-order chi connectivity index (χ1) is 12.9. The van der Waals surface area contributed by atoms with E-state index in [4.69, 9.17) is 14.2 Å². The minimum absolute atomic E-state index is 0.215. The van der Waals surface area contributed by atoms with E-state index in [2.05, 4.69) is 10.2 Å². The molecule has 2 heterocycles. The Hall–Kier alpha value is -2.17. The smallest absolute Gasteiger partial charge is 0.238 e. The normalized spacial score (nSPS) is 28.1. The molecule has 1 aromatic heterocycles. The summed E-state index contributed by atoms with van der Waals surface area (Å²) in [6.45, 7) is 1.31. The fraction of sp³-hybridized carbons (Fsp3) is 0.500. The van der Waals surface area contributed by atoms with Crippen LogP contribution in [0.25, 0.3) is 0 Å². The molecule has 1 aromatic carbocycles. The third-order valence-electron chi connectivity index (χ3n) is 4.65. The molecule has 0 amide bonds. The highest BCUT2D eigenvalue weighted by Crippen LogP contribution is 2.28. The molecule has 1 fully saturated rings. The molecule has 0 aliphatic carbocycles. The summed E-state index contributed by atoms with van der Waals surface area (Å²) >= 11 is 0. The Labute approximate surface area is 156 Å². The minimum atomic E-state index is -1.51. The zero-order valence-corrected chi connectivity index (χ0v) is 15.1. The van der Waals surface area contributed by atoms with Gasteiger partial charge in [0.05, 0.1) is 13.7 Å². The molecule has 3 rings (SSSR count). The number of hydrogen-bond donors (Lipinski definition) is 5. The average molecular weight is 380 g/mol. The predicted octanol–water partition coefficient (Wildman–Crippen LogP) is -0.504. The van der Waals surface area contributed by atoms with Crippen LogP contribution in [0.4, 0.5) is 0 Å². The predicted molar refractivity (Wildman–Crippen MR) is 93.5 cm³/mol. The number of ether oxygens (including phenoxy) is 3. The highest BCUT2D eigenvalue weighted by atomic mass is 16.7. The zero-order chi connectivity index (χ0) is 19.6. The fourth-order valence-electron chi connectivity index (χ4n) is 2.96. The molecule has 1 aliphatic heterocycles. The molecule has 1 saturated heterocycles. The van der Waals surface area contributed by atoms with E-state index in [-0.39, 0.29) is 5.88 Å². The quantitative estimate of drug-likeness (QED) is 0.452. The van der Waals surface area contributed by atoms with Crippen molar-refractivity contribution in [2.24, 2.45) is 0 Å². The second-order valence-electron chi connectivity index (χ2n) is 6.47. The number of rotatable bonds is 6. The maximum Gasteiger partial charge on any atom is 0.238 e. The van der Waals surface area contributed by atoms with Gasteiger partial charge in [-0.2, -0.15) is 0 Å². The van der Waals surface area contributed by atoms with Crippen molar-refractivity contribution in [3.8, 4) is 11.6 Å². The maximum atomic E-state index is 10.1. The number of hydrogen-bond acceptors (Lipinski definition) is 8. The summed E-state index contributed by atoms with van der Waals surface area (Å²) in [5.41, 5.74) is 2.54. The van der Waals surface area contributed by atoms with Crippen LogP contribution in [0.5, 0.6) is 11.6 Å². The molecular formula is C18H24N2O7. The Bertz CT molecular complexity index is 747. The molecule has 9 nitrogen and oxygen atoms in total. The molecule has 5 atom stereocenters. The van der Waals surface area contributed by atoms with Crippen molar-refractivity contribution in [2.75, 3.05) is 13.7 Å². The Kier molecular flexibility index (Phi) is 5.98. The van der Waals surface area contributed by atoms with Gasteiger partial charge in [0.1, 0.15) is 30.2 Å². The molecular weight excluding hydrogens is 356 g/mol. The van der Waals surface area contributed by atoms with Gasteiger partial charge in [-0.25, -0.2) is 0 Å². The molecule has 0 bridgehead atoms. The number of H-pyrrole nitrogens is 1. The van der Waals surface area contributed by atoms with Gasteiger partial charge in [-0.3, -0.25) is 5.10 Å². The van der Waals surface area contributed by atoms with Crippen LogP contribution in [0, 0.1) is 6.92 Å². The molecule has 5 N–H and O–H groups in total. The van der Waals surface area contributed by atoms with E-state index < -0.39 is 37.3 Å². The number of aryl methyl sites for hydroxylation is 1. The molecule has 0 radical (unpaired) electrons. The second kappa shape index (κ2) is 8.24. The first-order valence-corrected chi connectivity index (χ1v) is 8.58. The van der Waals surface area contributed by atoms with Gasteiger partial charge >= 0.3 is 0 Å². The third-order valence-corrected chi connectivity index (χ3v) is 4.65. The van der Waals surface area contributed by atoms with Gasteiger partial charge in [0.2, 0.25) is 12.2 Å². The monoisotopic (exact) mass is 380 g/mol. The summed E-state index contributed by atoms with van der Waals surface area (Å²) in [5.74, 6) is 0.966. The van der Waals surface area contributed by atoms with Gasteiger partial charge in [-0.1, -0.05) is 12.1 Å². The summed E-state index contributed by atoms with van der Waals surface area (Å²) < 4.78 is 16.2. The highest BCUT2D eigenvalue weighted by molar-refractivity contribution is 5.37. The lowest BCUT2D eigenvalue weighted by atomic mass is 9.99. The van der Waals surface area contributed by atoms with Crippen molar-refractivity contribution >= 4 is 0 Å². The second-order valence-corrected chi connectivity index (χ2v) is 6.47. The molecule has 2 aromatic rings. The summed E-state index contributed by atoms with van der Waals surface area (Å²) in [6, 6.07) is 7.54. The van der Waals surface area contributed by atoms with E-state index in [1.807, 2.05) is 31.2 Å². The molecule has 0 saturated carbocycles. The van der Waals surface area contributed by atoms with Crippen molar-refractivity contribution in [3.63, 3.8) is 0 Å². The number of aliphatic hydroxyl groups is 4. The van der Waals surface area contributed by atoms with Crippen LogP contribution in [-0.2, 0) is 11.2 Å². The van der Waals surface area contributed by atoms with Crippen LogP contribution >= 0.6 is 0 Å². The summed E-state index contributed by atoms with van der Waals surface area (Å²) in [4.78, 5) is 0. The SMILES string of the molecule is COc1ccc(Cc2c(O[C@H]3O[C@H](CO)[C@@H](O)[C@H](O)[C@H]3O)n[nH]c2C)cc1. The molecule has 148 valence electrons. The van der Waals surface area contributed by atoms with E-state index in [0.717, 1.165) is 22.6 Å². The van der Waals surface area contributed by atoms with Gasteiger partial charge in [0.15, 0.2) is 0 Å². The fourth-order valence-corrected chi connectivity index (χ4v) is 2.96. The zero-order valence-electron chi connectivity index (χ0n) is 15.1. The number of benzene rings is 1. The first kappa shape index (κ1) is 19.6. The molecule has 9 heteroatoms. The highest BCUT2D eigenvalue weighted by Gasteiger charge is 2.45. The maximum absolute atomic E-state index is 10.1. The third kappa shape index (κ3) is 4.07. The van der Waals surface area contributed by atoms with Gasteiger partial charge in [-0.05, 0) is 24.6 Å². The lowest BCUT2D eigenvalue weighted by Crippen LogP contribution is -2.60. The van der Waals surface area contributed by atoms with E-state index in [1.165, 1.54) is 0 Å². The van der Waals surface area contributed by atoms with Crippen molar-refractivity contribution in [1.29, 1.82) is 0 Å². The molecule has 1 aliphatic rings. The van der Waals surface area contributed by atoms with Gasteiger partial charge < -0.3 is 34.6 Å². The number of aliphatic hydroxyl groups excluding tert-OH is 4. The average Bonchev–Trinajstić information content (AvgIpc) is 3.02. The molecule has 0 spiro atoms. The number of nitrogens with zero attached hydrogens (tertiary/aromatic N) is 1. The summed E-state index contributed by atoms with van der Waals surface area (Å²) in [5, 5.41) is 46.1. The number of aromatic nitrogens is 2. The topological polar surface area (TPSA) is 137 Å². The Morgan fingerprint density at radius 2 is 1.81 bits per heavy atom. The van der Waals surface area contributed by atoms with Crippen molar-refractivity contribution in [2.45, 2.75) is 44.1 Å². The van der Waals surface area contributed by atoms with Crippen molar-refractivity contribution in [1.82, 2.24) is 10.2 Å². The van der Waals surface area contributed by atoms with Crippen LogP contribution in [0.1, 0.15) is 16.8 Å². The number of methoxy groups -OCH3 is 1. The minimum Gasteiger partial charge on any atom is -0.497 e. The van der Waals surface area contributed by atoms with Gasteiger partial charge in [0.25, 0.3) is 0 Å². The standard InChI is InChI=1S/C18H24N2O7/c1-9-12(7-10-3-5-11(25-2)6-4-10)17(20-19-9)27-18-16(24)15(23)14(22)13(8-21)26-18/h3-6,13-16,18,21-24H,7-8H2,1-2H3,(H,19,20)/t13-,14-,15+,16-,18-/m1/s1. The van der Waals surface area contributed by atoms with Crippen LogP contribution in [0.15, 0.2) is 24.3 Å². The number of aromatic amines is 1. The lowest BCUT2D eigenvalue weighted by Gasteiger charge is -2.39. The van der Waals surface area contributed by atoms with Crippen LogP contribution in [0.3, 0.4) is 0 Å². The van der Waals surface area contributed by atoms with Gasteiger partial charge in [-0.15, -0.1) is 5.10 Å². The van der Waals surface area contributed by atoms with E-state index in [1.54, 1.807) is 7.11 Å². The largest absolute Gasteiger partial charge is 0.497 e. The first-order valence-electron chi connectivity index (χ1n) is 8.58. The van der Waals surface area contributed by atoms with Gasteiger partial charge in [0, 0.05) is 17.7 Å². The van der Waals surface area contributed by atoms with Crippen molar-refractivity contribution in [3.05, 3.63) is 41.1 Å². The van der Waals surface area contributed by atoms with E-state index in [9.17, 15) is 20.4 Å². The van der Waals surface area contributed by atoms with Crippen LogP contribution in [-0.4, -0.2) is 75.0 Å². The Morgan fingerprint density at radius 1 is 1.11 bits per heavy atom. The Balaban J connectivity index is 1.77. The number of nitrogens with one attached hydrogen (secondary N) is 1. The van der Waals surface area contributed by atoms with Crippen molar-refractivity contribution < 1.29 is 34.6 Å². The summed E-state index contributed by atoms with van der Waals surface area (Å²) in [6.07, 6.45) is -6.25. The molecule has 27 heavy (non-hydrogen) atoms. The van der Waals surface area contributed by atoms with Crippen LogP contribution < -0.4 is 9.47 Å². The Morgan fingerprint density at radius 3 is 2.44 bits per heavy atom. The van der Waals surface area contributed by atoms with Crippen LogP contribution in [0.2, 0.25) is 0 Å². The summed E-state index contributed by atoms with van der Waals surface area (Å²) in [7, 11) is 1.60. The lowest BCUT2D eigenvalue weighted by molar-refractivity contribution is -0.278. The molecule has 0 unspecified atom stereocenters. The van der Waals surface area contributed by atoms with E-state index in [0.29, 0.717) is 6.42 Å². The van der Waals surface area contributed by atoms with E-state index >= 15 is 0 Å².